The van der Waals surface area contributed by atoms with Gasteiger partial charge in [0.1, 0.15) is 11.8 Å². The number of halogens is 1. The molecule has 4 nitrogen and oxygen atoms in total. The van der Waals surface area contributed by atoms with Gasteiger partial charge in [-0.05, 0) is 47.3 Å². The zero-order valence-corrected chi connectivity index (χ0v) is 11.9. The summed E-state index contributed by atoms with van der Waals surface area (Å²) >= 11 is 3.48. The van der Waals surface area contributed by atoms with Crippen molar-refractivity contribution in [2.45, 2.75) is 25.3 Å². The van der Waals surface area contributed by atoms with Crippen LogP contribution in [0.5, 0.6) is 5.75 Å². The molecule has 18 heavy (non-hydrogen) atoms. The van der Waals surface area contributed by atoms with Crippen LogP contribution in [-0.4, -0.2) is 25.6 Å². The molecule has 1 aromatic rings. The molecule has 98 valence electrons. The third-order valence-electron chi connectivity index (χ3n) is 3.04. The number of rotatable bonds is 3. The monoisotopic (exact) mass is 312 g/mol. The maximum absolute atomic E-state index is 11.9. The predicted octanol–water partition coefficient (Wildman–Crippen LogP) is 2.54. The smallest absolute Gasteiger partial charge is 0.242 e. The van der Waals surface area contributed by atoms with E-state index in [1.165, 1.54) is 0 Å². The van der Waals surface area contributed by atoms with Crippen molar-refractivity contribution in [2.75, 3.05) is 19.0 Å². The number of carbonyl (C=O) groups is 1. The highest BCUT2D eigenvalue weighted by molar-refractivity contribution is 9.10. The minimum Gasteiger partial charge on any atom is -0.497 e. The molecule has 1 heterocycles. The van der Waals surface area contributed by atoms with Gasteiger partial charge in [0.15, 0.2) is 0 Å². The normalized spacial score (nSPS) is 19.9. The zero-order valence-electron chi connectivity index (χ0n) is 10.3. The first-order valence-corrected chi connectivity index (χ1v) is 6.88. The van der Waals surface area contributed by atoms with E-state index in [0.29, 0.717) is 0 Å². The molecule has 0 saturated carbocycles. The van der Waals surface area contributed by atoms with Crippen molar-refractivity contribution in [3.05, 3.63) is 22.7 Å². The second-order valence-corrected chi connectivity index (χ2v) is 5.18. The molecule has 1 aliphatic heterocycles. The highest BCUT2D eigenvalue weighted by atomic mass is 79.9. The molecule has 1 unspecified atom stereocenters. The van der Waals surface area contributed by atoms with Gasteiger partial charge in [-0.25, -0.2) is 0 Å². The molecule has 1 fully saturated rings. The third-order valence-corrected chi connectivity index (χ3v) is 3.73. The maximum atomic E-state index is 11.9. The average Bonchev–Trinajstić information content (AvgIpc) is 2.58. The number of hydrogen-bond acceptors (Lipinski definition) is 3. The molecule has 2 rings (SSSR count). The summed E-state index contributed by atoms with van der Waals surface area (Å²) in [4.78, 5) is 11.9. The van der Waals surface area contributed by atoms with E-state index in [0.717, 1.165) is 41.7 Å². The first-order chi connectivity index (χ1) is 8.70. The molecule has 1 aliphatic rings. The first-order valence-electron chi connectivity index (χ1n) is 6.08. The Morgan fingerprint density at radius 2 is 2.28 bits per heavy atom. The molecule has 1 aromatic carbocycles. The Labute approximate surface area is 115 Å². The van der Waals surface area contributed by atoms with Gasteiger partial charge >= 0.3 is 0 Å². The topological polar surface area (TPSA) is 50.4 Å². The lowest BCUT2D eigenvalue weighted by atomic mass is 10.1. The van der Waals surface area contributed by atoms with E-state index >= 15 is 0 Å². The Kier molecular flexibility index (Phi) is 4.47. The fraction of sp³-hybridized carbons (Fsp3) is 0.462. The highest BCUT2D eigenvalue weighted by Crippen LogP contribution is 2.28. The van der Waals surface area contributed by atoms with Gasteiger partial charge < -0.3 is 15.4 Å². The van der Waals surface area contributed by atoms with Gasteiger partial charge in [0.2, 0.25) is 5.91 Å². The van der Waals surface area contributed by atoms with Crippen LogP contribution in [-0.2, 0) is 4.79 Å². The summed E-state index contributed by atoms with van der Waals surface area (Å²) in [6, 6.07) is 5.51. The van der Waals surface area contributed by atoms with Crippen LogP contribution < -0.4 is 15.4 Å². The average molecular weight is 313 g/mol. The second kappa shape index (κ2) is 6.09. The van der Waals surface area contributed by atoms with Crippen molar-refractivity contribution in [3.63, 3.8) is 0 Å². The Hall–Kier alpha value is -1.23. The zero-order chi connectivity index (χ0) is 13.0. The molecular formula is C13H17BrN2O2. The summed E-state index contributed by atoms with van der Waals surface area (Å²) in [5.74, 6) is 0.844. The molecule has 0 aromatic heterocycles. The molecule has 0 bridgehead atoms. The summed E-state index contributed by atoms with van der Waals surface area (Å²) < 4.78 is 6.12. The van der Waals surface area contributed by atoms with E-state index in [1.807, 2.05) is 18.2 Å². The fourth-order valence-corrected chi connectivity index (χ4v) is 2.37. The van der Waals surface area contributed by atoms with E-state index in [-0.39, 0.29) is 11.9 Å². The summed E-state index contributed by atoms with van der Waals surface area (Å²) in [6.45, 7) is 0.774. The van der Waals surface area contributed by atoms with E-state index in [1.54, 1.807) is 7.11 Å². The molecule has 1 amide bonds. The summed E-state index contributed by atoms with van der Waals surface area (Å²) in [6.07, 6.45) is 2.96. The second-order valence-electron chi connectivity index (χ2n) is 4.33. The molecule has 0 aliphatic carbocycles. The van der Waals surface area contributed by atoms with Crippen LogP contribution in [0, 0.1) is 0 Å². The molecule has 5 heteroatoms. The lowest BCUT2D eigenvalue weighted by Gasteiger charge is -2.18. The SMILES string of the molecule is COc1ccc(Br)c(NC2CCCCNC2=O)c1. The summed E-state index contributed by atoms with van der Waals surface area (Å²) in [7, 11) is 1.63. The quantitative estimate of drug-likeness (QED) is 0.901. The Morgan fingerprint density at radius 3 is 3.06 bits per heavy atom. The van der Waals surface area contributed by atoms with Crippen LogP contribution in [0.15, 0.2) is 22.7 Å². The van der Waals surface area contributed by atoms with Crippen LogP contribution in [0.3, 0.4) is 0 Å². The van der Waals surface area contributed by atoms with Gasteiger partial charge in [0.25, 0.3) is 0 Å². The number of ether oxygens (including phenoxy) is 1. The van der Waals surface area contributed by atoms with Gasteiger partial charge in [-0.3, -0.25) is 4.79 Å². The molecule has 1 atom stereocenters. The minimum atomic E-state index is -0.170. The first kappa shape index (κ1) is 13.2. The van der Waals surface area contributed by atoms with Gasteiger partial charge in [0, 0.05) is 17.1 Å². The van der Waals surface area contributed by atoms with Crippen LogP contribution in [0.2, 0.25) is 0 Å². The van der Waals surface area contributed by atoms with Crippen LogP contribution in [0.4, 0.5) is 5.69 Å². The lowest BCUT2D eigenvalue weighted by Crippen LogP contribution is -2.37. The van der Waals surface area contributed by atoms with Crippen molar-refractivity contribution < 1.29 is 9.53 Å². The molecule has 0 radical (unpaired) electrons. The van der Waals surface area contributed by atoms with Crippen molar-refractivity contribution in [2.24, 2.45) is 0 Å². The van der Waals surface area contributed by atoms with Crippen LogP contribution in [0.25, 0.3) is 0 Å². The number of nitrogens with one attached hydrogen (secondary N) is 2. The molecule has 2 N–H and O–H groups in total. The molecule has 1 saturated heterocycles. The summed E-state index contributed by atoms with van der Waals surface area (Å²) in [5.41, 5.74) is 0.886. The summed E-state index contributed by atoms with van der Waals surface area (Å²) in [5, 5.41) is 6.19. The van der Waals surface area contributed by atoms with Gasteiger partial charge in [-0.2, -0.15) is 0 Å². The van der Waals surface area contributed by atoms with E-state index in [2.05, 4.69) is 26.6 Å². The van der Waals surface area contributed by atoms with E-state index in [9.17, 15) is 4.79 Å². The Morgan fingerprint density at radius 1 is 1.44 bits per heavy atom. The number of benzene rings is 1. The van der Waals surface area contributed by atoms with Crippen LogP contribution in [0.1, 0.15) is 19.3 Å². The van der Waals surface area contributed by atoms with E-state index < -0.39 is 0 Å². The third kappa shape index (κ3) is 3.16. The van der Waals surface area contributed by atoms with Gasteiger partial charge in [-0.1, -0.05) is 0 Å². The Bertz CT molecular complexity index is 437. The predicted molar refractivity (Wildman–Crippen MR) is 75.0 cm³/mol. The van der Waals surface area contributed by atoms with Crippen molar-refractivity contribution in [1.29, 1.82) is 0 Å². The van der Waals surface area contributed by atoms with Crippen molar-refractivity contribution in [1.82, 2.24) is 5.32 Å². The minimum absolute atomic E-state index is 0.0715. The number of hydrogen-bond donors (Lipinski definition) is 2. The van der Waals surface area contributed by atoms with Crippen molar-refractivity contribution in [3.8, 4) is 5.75 Å². The van der Waals surface area contributed by atoms with Gasteiger partial charge in [0.05, 0.1) is 12.8 Å². The largest absolute Gasteiger partial charge is 0.497 e. The maximum Gasteiger partial charge on any atom is 0.242 e. The standard InChI is InChI=1S/C13H17BrN2O2/c1-18-9-5-6-10(14)12(8-9)16-11-4-2-3-7-15-13(11)17/h5-6,8,11,16H,2-4,7H2,1H3,(H,15,17). The van der Waals surface area contributed by atoms with Gasteiger partial charge in [-0.15, -0.1) is 0 Å². The highest BCUT2D eigenvalue weighted by Gasteiger charge is 2.21. The number of carbonyl (C=O) groups excluding carboxylic acids is 1. The lowest BCUT2D eigenvalue weighted by molar-refractivity contribution is -0.121. The number of anilines is 1. The van der Waals surface area contributed by atoms with Crippen LogP contribution >= 0.6 is 15.9 Å². The van der Waals surface area contributed by atoms with Crippen molar-refractivity contribution >= 4 is 27.5 Å². The number of methoxy groups -OCH3 is 1. The molecule has 0 spiro atoms. The Balaban J connectivity index is 2.14. The molecular weight excluding hydrogens is 296 g/mol. The van der Waals surface area contributed by atoms with E-state index in [4.69, 9.17) is 4.74 Å². The fourth-order valence-electron chi connectivity index (χ4n) is 2.01. The number of amides is 1.